The van der Waals surface area contributed by atoms with Crippen molar-refractivity contribution < 1.29 is 4.92 Å². The summed E-state index contributed by atoms with van der Waals surface area (Å²) < 4.78 is 0. The standard InChI is InChI=1S/C15H15N3O2/c1-10-4-6-13(15-12(10)3-2-8-16-15)11-5-7-14(17-9-11)18(19)20/h4-7,9,16H,2-3,8H2,1H3. The highest BCUT2D eigenvalue weighted by Crippen LogP contribution is 2.35. The molecule has 0 saturated heterocycles. The van der Waals surface area contributed by atoms with Gasteiger partial charge in [0.15, 0.2) is 0 Å². The van der Waals surface area contributed by atoms with Crippen molar-refractivity contribution in [3.8, 4) is 11.1 Å². The molecule has 1 aromatic heterocycles. The molecule has 1 aliphatic heterocycles. The Morgan fingerprint density at radius 1 is 1.30 bits per heavy atom. The zero-order chi connectivity index (χ0) is 14.1. The van der Waals surface area contributed by atoms with Crippen LogP contribution in [-0.4, -0.2) is 16.5 Å². The van der Waals surface area contributed by atoms with E-state index in [2.05, 4.69) is 29.4 Å². The highest BCUT2D eigenvalue weighted by Gasteiger charge is 2.17. The summed E-state index contributed by atoms with van der Waals surface area (Å²) in [4.78, 5) is 14.1. The Morgan fingerprint density at radius 3 is 2.85 bits per heavy atom. The molecule has 1 aromatic carbocycles. The van der Waals surface area contributed by atoms with Crippen molar-refractivity contribution in [2.45, 2.75) is 19.8 Å². The summed E-state index contributed by atoms with van der Waals surface area (Å²) in [6.07, 6.45) is 3.78. The first-order valence-corrected chi connectivity index (χ1v) is 6.64. The first-order valence-electron chi connectivity index (χ1n) is 6.64. The molecule has 0 fully saturated rings. The molecule has 0 bridgehead atoms. The lowest BCUT2D eigenvalue weighted by molar-refractivity contribution is -0.389. The predicted octanol–water partition coefficient (Wildman–Crippen LogP) is 3.32. The average molecular weight is 269 g/mol. The molecule has 5 nitrogen and oxygen atoms in total. The largest absolute Gasteiger partial charge is 0.384 e. The maximum absolute atomic E-state index is 10.7. The average Bonchev–Trinajstić information content (AvgIpc) is 2.48. The number of rotatable bonds is 2. The van der Waals surface area contributed by atoms with E-state index in [0.29, 0.717) is 0 Å². The first kappa shape index (κ1) is 12.6. The Labute approximate surface area is 116 Å². The number of aromatic nitrogens is 1. The van der Waals surface area contributed by atoms with Crippen LogP contribution in [-0.2, 0) is 6.42 Å². The van der Waals surface area contributed by atoms with E-state index in [1.807, 2.05) is 0 Å². The zero-order valence-electron chi connectivity index (χ0n) is 11.2. The van der Waals surface area contributed by atoms with Gasteiger partial charge in [-0.15, -0.1) is 0 Å². The molecule has 1 aliphatic rings. The van der Waals surface area contributed by atoms with E-state index in [1.54, 1.807) is 12.3 Å². The molecule has 0 atom stereocenters. The maximum Gasteiger partial charge on any atom is 0.363 e. The molecule has 0 aliphatic carbocycles. The van der Waals surface area contributed by atoms with Crippen molar-refractivity contribution in [2.24, 2.45) is 0 Å². The lowest BCUT2D eigenvalue weighted by atomic mass is 9.92. The molecule has 0 saturated carbocycles. The summed E-state index contributed by atoms with van der Waals surface area (Å²) in [5.41, 5.74) is 5.73. The van der Waals surface area contributed by atoms with E-state index in [0.717, 1.165) is 36.2 Å². The highest BCUT2D eigenvalue weighted by atomic mass is 16.6. The van der Waals surface area contributed by atoms with Gasteiger partial charge < -0.3 is 15.4 Å². The van der Waals surface area contributed by atoms with Gasteiger partial charge in [-0.1, -0.05) is 12.1 Å². The molecule has 0 amide bonds. The molecular weight excluding hydrogens is 254 g/mol. The van der Waals surface area contributed by atoms with Crippen LogP contribution in [0.3, 0.4) is 0 Å². The van der Waals surface area contributed by atoms with Gasteiger partial charge in [-0.25, -0.2) is 0 Å². The highest BCUT2D eigenvalue weighted by molar-refractivity contribution is 5.81. The second-order valence-corrected chi connectivity index (χ2v) is 4.98. The van der Waals surface area contributed by atoms with Gasteiger partial charge in [0.05, 0.1) is 0 Å². The molecule has 102 valence electrons. The van der Waals surface area contributed by atoms with Crippen LogP contribution in [0.4, 0.5) is 11.5 Å². The first-order chi connectivity index (χ1) is 9.66. The Bertz CT molecular complexity index is 666. The number of nitro groups is 1. The van der Waals surface area contributed by atoms with Crippen molar-refractivity contribution in [1.82, 2.24) is 4.98 Å². The number of pyridine rings is 1. The summed E-state index contributed by atoms with van der Waals surface area (Å²) >= 11 is 0. The molecule has 3 rings (SSSR count). The molecule has 5 heteroatoms. The molecule has 2 aromatic rings. The Hall–Kier alpha value is -2.43. The molecule has 0 radical (unpaired) electrons. The Morgan fingerprint density at radius 2 is 2.15 bits per heavy atom. The Kier molecular flexibility index (Phi) is 3.10. The fraction of sp³-hybridized carbons (Fsp3) is 0.267. The van der Waals surface area contributed by atoms with Crippen LogP contribution in [0.2, 0.25) is 0 Å². The summed E-state index contributed by atoms with van der Waals surface area (Å²) in [5.74, 6) is -0.123. The van der Waals surface area contributed by atoms with Crippen LogP contribution in [0.1, 0.15) is 17.5 Å². The fourth-order valence-electron chi connectivity index (χ4n) is 2.65. The minimum absolute atomic E-state index is 0.123. The number of hydrogen-bond acceptors (Lipinski definition) is 4. The topological polar surface area (TPSA) is 68.1 Å². The second-order valence-electron chi connectivity index (χ2n) is 4.98. The van der Waals surface area contributed by atoms with Crippen LogP contribution in [0.25, 0.3) is 11.1 Å². The van der Waals surface area contributed by atoms with E-state index in [4.69, 9.17) is 0 Å². The minimum atomic E-state index is -0.480. The molecule has 20 heavy (non-hydrogen) atoms. The number of aryl methyl sites for hydroxylation is 1. The third-order valence-corrected chi connectivity index (χ3v) is 3.70. The van der Waals surface area contributed by atoms with E-state index < -0.39 is 4.92 Å². The Balaban J connectivity index is 2.08. The van der Waals surface area contributed by atoms with Gasteiger partial charge in [-0.2, -0.15) is 0 Å². The monoisotopic (exact) mass is 269 g/mol. The normalized spacial score (nSPS) is 13.4. The van der Waals surface area contributed by atoms with E-state index in [1.165, 1.54) is 17.2 Å². The van der Waals surface area contributed by atoms with Gasteiger partial charge in [-0.3, -0.25) is 0 Å². The predicted molar refractivity (Wildman–Crippen MR) is 77.9 cm³/mol. The lowest BCUT2D eigenvalue weighted by Gasteiger charge is -2.23. The summed E-state index contributed by atoms with van der Waals surface area (Å²) in [6.45, 7) is 3.08. The van der Waals surface area contributed by atoms with Gasteiger partial charge in [0.2, 0.25) is 0 Å². The zero-order valence-corrected chi connectivity index (χ0v) is 11.2. The van der Waals surface area contributed by atoms with E-state index in [9.17, 15) is 10.1 Å². The van der Waals surface area contributed by atoms with Gasteiger partial charge in [0.25, 0.3) is 0 Å². The quantitative estimate of drug-likeness (QED) is 0.670. The minimum Gasteiger partial charge on any atom is -0.384 e. The smallest absolute Gasteiger partial charge is 0.363 e. The van der Waals surface area contributed by atoms with Crippen molar-refractivity contribution in [2.75, 3.05) is 11.9 Å². The van der Waals surface area contributed by atoms with Gasteiger partial charge in [0, 0.05) is 29.4 Å². The number of benzene rings is 1. The van der Waals surface area contributed by atoms with Crippen LogP contribution >= 0.6 is 0 Å². The van der Waals surface area contributed by atoms with Gasteiger partial charge >= 0.3 is 5.82 Å². The van der Waals surface area contributed by atoms with Crippen LogP contribution in [0.15, 0.2) is 30.5 Å². The van der Waals surface area contributed by atoms with Crippen molar-refractivity contribution in [3.05, 3.63) is 51.7 Å². The van der Waals surface area contributed by atoms with Gasteiger partial charge in [0.1, 0.15) is 6.20 Å². The number of nitrogens with zero attached hydrogens (tertiary/aromatic N) is 2. The summed E-state index contributed by atoms with van der Waals surface area (Å²) in [6, 6.07) is 7.36. The maximum atomic E-state index is 10.7. The van der Waals surface area contributed by atoms with E-state index >= 15 is 0 Å². The van der Waals surface area contributed by atoms with Crippen LogP contribution < -0.4 is 5.32 Å². The molecule has 0 spiro atoms. The van der Waals surface area contributed by atoms with Crippen molar-refractivity contribution >= 4 is 11.5 Å². The second kappa shape index (κ2) is 4.92. The van der Waals surface area contributed by atoms with Crippen LogP contribution in [0.5, 0.6) is 0 Å². The number of hydrogen-bond donors (Lipinski definition) is 1. The molecule has 2 heterocycles. The van der Waals surface area contributed by atoms with Crippen molar-refractivity contribution in [1.29, 1.82) is 0 Å². The number of fused-ring (bicyclic) bond motifs is 1. The van der Waals surface area contributed by atoms with Gasteiger partial charge in [-0.05, 0) is 46.9 Å². The number of anilines is 1. The fourth-order valence-corrected chi connectivity index (χ4v) is 2.65. The third-order valence-electron chi connectivity index (χ3n) is 3.70. The third kappa shape index (κ3) is 2.11. The molecular formula is C15H15N3O2. The summed E-state index contributed by atoms with van der Waals surface area (Å²) in [5, 5.41) is 14.1. The van der Waals surface area contributed by atoms with Crippen LogP contribution in [0, 0.1) is 17.0 Å². The summed E-state index contributed by atoms with van der Waals surface area (Å²) in [7, 11) is 0. The lowest BCUT2D eigenvalue weighted by Crippen LogP contribution is -2.14. The van der Waals surface area contributed by atoms with Crippen molar-refractivity contribution in [3.63, 3.8) is 0 Å². The SMILES string of the molecule is Cc1ccc(-c2ccc([N+](=O)[O-])nc2)c2c1CCCN2. The number of nitrogens with one attached hydrogen (secondary N) is 1. The van der Waals surface area contributed by atoms with E-state index in [-0.39, 0.29) is 5.82 Å². The molecule has 0 unspecified atom stereocenters. The molecule has 1 N–H and O–H groups in total.